The lowest BCUT2D eigenvalue weighted by Crippen LogP contribution is -2.56. The summed E-state index contributed by atoms with van der Waals surface area (Å²) < 4.78 is 39.1. The van der Waals surface area contributed by atoms with Crippen molar-refractivity contribution in [3.8, 4) is 6.07 Å². The fraction of sp³-hybridized carbons (Fsp3) is 0.273. The minimum absolute atomic E-state index is 0.166. The lowest BCUT2D eigenvalue weighted by Gasteiger charge is -2.43. The average molecular weight is 396 g/mol. The van der Waals surface area contributed by atoms with Crippen LogP contribution in [0.1, 0.15) is 23.1 Å². The minimum atomic E-state index is -0.894. The number of carbonyl (C=O) groups is 1. The fourth-order valence-electron chi connectivity index (χ4n) is 3.75. The maximum Gasteiger partial charge on any atom is 0.411 e. The largest absolute Gasteiger partial charge is 0.445 e. The topological polar surface area (TPSA) is 62.6 Å². The van der Waals surface area contributed by atoms with Gasteiger partial charge >= 0.3 is 6.09 Å². The molecule has 5 nitrogen and oxygen atoms in total. The zero-order chi connectivity index (χ0) is 20.4. The predicted octanol–water partition coefficient (Wildman–Crippen LogP) is 4.03. The standard InChI is InChI=1S/C22H18F2N2O3/c23-20-8-16(9-21(24)19(20)10-25)15-6-17-12-28-13-18(7-15)26(17)22(27)29-11-14-4-2-1-3-5-14/h1-6,8-9,17-18H,7,11-13H2. The van der Waals surface area contributed by atoms with Crippen LogP contribution in [-0.4, -0.2) is 36.3 Å². The van der Waals surface area contributed by atoms with Crippen LogP contribution in [-0.2, 0) is 16.1 Å². The van der Waals surface area contributed by atoms with E-state index in [0.717, 1.165) is 23.3 Å². The lowest BCUT2D eigenvalue weighted by atomic mass is 9.89. The normalized spacial score (nSPS) is 20.6. The first-order valence-corrected chi connectivity index (χ1v) is 9.24. The summed E-state index contributed by atoms with van der Waals surface area (Å²) in [4.78, 5) is 14.3. The van der Waals surface area contributed by atoms with E-state index in [9.17, 15) is 13.6 Å². The van der Waals surface area contributed by atoms with E-state index in [2.05, 4.69) is 0 Å². The second-order valence-electron chi connectivity index (χ2n) is 7.03. The smallest absolute Gasteiger partial charge is 0.411 e. The Morgan fingerprint density at radius 3 is 2.59 bits per heavy atom. The van der Waals surface area contributed by atoms with Gasteiger partial charge in [-0.1, -0.05) is 36.4 Å². The van der Waals surface area contributed by atoms with Gasteiger partial charge in [0.25, 0.3) is 0 Å². The Balaban J connectivity index is 1.54. The first-order chi connectivity index (χ1) is 14.1. The molecule has 2 atom stereocenters. The maximum absolute atomic E-state index is 14.0. The van der Waals surface area contributed by atoms with Crippen LogP contribution in [0.15, 0.2) is 48.5 Å². The third kappa shape index (κ3) is 3.84. The molecule has 0 N–H and O–H groups in total. The molecule has 2 aromatic rings. The van der Waals surface area contributed by atoms with Crippen LogP contribution in [0.2, 0.25) is 0 Å². The number of morpholine rings is 1. The van der Waals surface area contributed by atoms with Crippen molar-refractivity contribution >= 4 is 11.7 Å². The van der Waals surface area contributed by atoms with Gasteiger partial charge in [0.05, 0.1) is 25.3 Å². The molecule has 0 spiro atoms. The van der Waals surface area contributed by atoms with Crippen molar-refractivity contribution in [2.24, 2.45) is 0 Å². The number of hydrogen-bond acceptors (Lipinski definition) is 4. The first-order valence-electron chi connectivity index (χ1n) is 9.24. The summed E-state index contributed by atoms with van der Waals surface area (Å²) in [5.74, 6) is -1.79. The first kappa shape index (κ1) is 19.1. The molecule has 4 rings (SSSR count). The number of nitriles is 1. The van der Waals surface area contributed by atoms with Crippen LogP contribution >= 0.6 is 0 Å². The predicted molar refractivity (Wildman–Crippen MR) is 101 cm³/mol. The number of rotatable bonds is 3. The molecule has 0 radical (unpaired) electrons. The van der Waals surface area contributed by atoms with Gasteiger partial charge < -0.3 is 9.47 Å². The maximum atomic E-state index is 14.0. The van der Waals surface area contributed by atoms with Crippen molar-refractivity contribution < 1.29 is 23.0 Å². The van der Waals surface area contributed by atoms with E-state index in [1.165, 1.54) is 6.07 Å². The van der Waals surface area contributed by atoms with Crippen LogP contribution < -0.4 is 0 Å². The summed E-state index contributed by atoms with van der Waals surface area (Å²) in [5.41, 5.74) is 1.38. The van der Waals surface area contributed by atoms with E-state index in [0.29, 0.717) is 18.6 Å². The Labute approximate surface area is 166 Å². The molecule has 2 heterocycles. The zero-order valence-electron chi connectivity index (χ0n) is 15.5. The second-order valence-corrected chi connectivity index (χ2v) is 7.03. The van der Waals surface area contributed by atoms with Gasteiger partial charge in [-0.25, -0.2) is 13.6 Å². The van der Waals surface area contributed by atoms with Crippen molar-refractivity contribution in [2.45, 2.75) is 25.1 Å². The number of benzene rings is 2. The summed E-state index contributed by atoms with van der Waals surface area (Å²) in [6, 6.07) is 12.5. The Morgan fingerprint density at radius 1 is 1.21 bits per heavy atom. The van der Waals surface area contributed by atoms with Crippen molar-refractivity contribution in [1.29, 1.82) is 5.26 Å². The summed E-state index contributed by atoms with van der Waals surface area (Å²) in [6.45, 7) is 0.760. The third-order valence-corrected chi connectivity index (χ3v) is 5.14. The van der Waals surface area contributed by atoms with Crippen LogP contribution in [0, 0.1) is 23.0 Å². The molecule has 7 heteroatoms. The summed E-state index contributed by atoms with van der Waals surface area (Å²) in [7, 11) is 0. The van der Waals surface area contributed by atoms with Gasteiger partial charge in [-0.15, -0.1) is 0 Å². The van der Waals surface area contributed by atoms with Gasteiger partial charge in [0.15, 0.2) is 0 Å². The van der Waals surface area contributed by atoms with Gasteiger partial charge in [0.1, 0.15) is 29.9 Å². The molecular weight excluding hydrogens is 378 g/mol. The van der Waals surface area contributed by atoms with Gasteiger partial charge in [-0.2, -0.15) is 5.26 Å². The summed E-state index contributed by atoms with van der Waals surface area (Å²) >= 11 is 0. The molecule has 29 heavy (non-hydrogen) atoms. The van der Waals surface area contributed by atoms with Crippen LogP contribution in [0.25, 0.3) is 5.57 Å². The molecule has 2 unspecified atom stereocenters. The lowest BCUT2D eigenvalue weighted by molar-refractivity contribution is -0.0342. The Bertz CT molecular complexity index is 978. The van der Waals surface area contributed by atoms with Crippen molar-refractivity contribution in [3.63, 3.8) is 0 Å². The SMILES string of the molecule is N#Cc1c(F)cc(C2=CC3COCC(C2)N3C(=O)OCc2ccccc2)cc1F. The van der Waals surface area contributed by atoms with Crippen molar-refractivity contribution in [1.82, 2.24) is 4.90 Å². The van der Waals surface area contributed by atoms with Crippen LogP contribution in [0.5, 0.6) is 0 Å². The highest BCUT2D eigenvalue weighted by molar-refractivity contribution is 5.75. The zero-order valence-corrected chi connectivity index (χ0v) is 15.5. The summed E-state index contributed by atoms with van der Waals surface area (Å²) in [5, 5.41) is 8.84. The quantitative estimate of drug-likeness (QED) is 0.786. The third-order valence-electron chi connectivity index (χ3n) is 5.14. The van der Waals surface area contributed by atoms with E-state index in [4.69, 9.17) is 14.7 Å². The number of nitrogens with zero attached hydrogens (tertiary/aromatic N) is 2. The highest BCUT2D eigenvalue weighted by atomic mass is 19.1. The van der Waals surface area contributed by atoms with Crippen LogP contribution in [0.4, 0.5) is 13.6 Å². The van der Waals surface area contributed by atoms with Crippen molar-refractivity contribution in [3.05, 3.63) is 76.9 Å². The molecular formula is C22H18F2N2O3. The molecule has 0 aliphatic carbocycles. The van der Waals surface area contributed by atoms with E-state index < -0.39 is 23.3 Å². The van der Waals surface area contributed by atoms with Gasteiger partial charge in [0.2, 0.25) is 0 Å². The van der Waals surface area contributed by atoms with Gasteiger partial charge in [-0.3, -0.25) is 4.90 Å². The molecule has 148 valence electrons. The van der Waals surface area contributed by atoms with E-state index in [-0.39, 0.29) is 25.3 Å². The minimum Gasteiger partial charge on any atom is -0.445 e. The molecule has 1 amide bonds. The molecule has 1 fully saturated rings. The molecule has 0 aromatic heterocycles. The van der Waals surface area contributed by atoms with E-state index >= 15 is 0 Å². The van der Waals surface area contributed by atoms with Gasteiger partial charge in [-0.05, 0) is 35.3 Å². The summed E-state index contributed by atoms with van der Waals surface area (Å²) in [6.07, 6.45) is 1.71. The van der Waals surface area contributed by atoms with Crippen molar-refractivity contribution in [2.75, 3.05) is 13.2 Å². The number of hydrogen-bond donors (Lipinski definition) is 0. The molecule has 2 aliphatic heterocycles. The van der Waals surface area contributed by atoms with E-state index in [1.54, 1.807) is 11.0 Å². The average Bonchev–Trinajstić information content (AvgIpc) is 2.71. The Morgan fingerprint density at radius 2 is 1.93 bits per heavy atom. The number of fused-ring (bicyclic) bond motifs is 2. The Kier molecular flexibility index (Phi) is 5.28. The number of halogens is 2. The number of ether oxygens (including phenoxy) is 2. The van der Waals surface area contributed by atoms with E-state index in [1.807, 2.05) is 30.3 Å². The number of carbonyl (C=O) groups excluding carboxylic acids is 1. The second kappa shape index (κ2) is 8.02. The fourth-order valence-corrected chi connectivity index (χ4v) is 3.75. The highest BCUT2D eigenvalue weighted by Gasteiger charge is 2.39. The molecule has 2 aliphatic rings. The number of amides is 1. The molecule has 1 saturated heterocycles. The Hall–Kier alpha value is -3.24. The van der Waals surface area contributed by atoms with Crippen LogP contribution in [0.3, 0.4) is 0 Å². The van der Waals surface area contributed by atoms with Gasteiger partial charge in [0, 0.05) is 0 Å². The molecule has 0 saturated carbocycles. The molecule has 2 bridgehead atoms. The highest BCUT2D eigenvalue weighted by Crippen LogP contribution is 2.34. The monoisotopic (exact) mass is 396 g/mol. The molecule has 2 aromatic carbocycles.